The molecule has 0 saturated carbocycles. The molecule has 236 valence electrons. The van der Waals surface area contributed by atoms with Gasteiger partial charge in [0.25, 0.3) is 0 Å². The molecule has 0 aliphatic heterocycles. The molecule has 0 atom stereocenters. The quantitative estimate of drug-likeness (QED) is 0.112. The van der Waals surface area contributed by atoms with Gasteiger partial charge >= 0.3 is 0 Å². The van der Waals surface area contributed by atoms with Crippen LogP contribution in [-0.2, 0) is 37.9 Å². The van der Waals surface area contributed by atoms with Crippen molar-refractivity contribution < 1.29 is 43.0 Å². The van der Waals surface area contributed by atoms with Crippen molar-refractivity contribution in [2.75, 3.05) is 106 Å². The Hall–Kier alpha value is -0.360. The summed E-state index contributed by atoms with van der Waals surface area (Å²) in [7, 11) is 0. The van der Waals surface area contributed by atoms with E-state index in [9.17, 15) is 0 Å². The first-order valence-corrected chi connectivity index (χ1v) is 15.4. The highest BCUT2D eigenvalue weighted by molar-refractivity contribution is 4.58. The summed E-state index contributed by atoms with van der Waals surface area (Å²) in [5.74, 6) is 0. The lowest BCUT2D eigenvalue weighted by Gasteiger charge is -2.19. The molecule has 0 saturated heterocycles. The first kappa shape index (κ1) is 38.6. The van der Waals surface area contributed by atoms with Gasteiger partial charge in [0.1, 0.15) is 0 Å². The van der Waals surface area contributed by atoms with E-state index in [1.807, 2.05) is 0 Å². The van der Waals surface area contributed by atoms with Gasteiger partial charge < -0.3 is 43.0 Å². The average Bonchev–Trinajstić information content (AvgIpc) is 2.90. The number of hydrogen-bond donors (Lipinski definition) is 1. The normalized spacial score (nSPS) is 12.0. The summed E-state index contributed by atoms with van der Waals surface area (Å²) in [4.78, 5) is 0. The van der Waals surface area contributed by atoms with Gasteiger partial charge in [-0.15, -0.1) is 0 Å². The molecule has 0 fully saturated rings. The molecule has 9 nitrogen and oxygen atoms in total. The fourth-order valence-corrected chi connectivity index (χ4v) is 3.58. The summed E-state index contributed by atoms with van der Waals surface area (Å²) in [5, 5.41) is 8.57. The minimum atomic E-state index is -0.000228. The molecule has 0 aromatic heterocycles. The van der Waals surface area contributed by atoms with E-state index in [1.54, 1.807) is 0 Å². The third-order valence-corrected chi connectivity index (χ3v) is 5.69. The molecule has 0 unspecified atom stereocenters. The van der Waals surface area contributed by atoms with Crippen LogP contribution in [0.4, 0.5) is 0 Å². The molecular weight excluding hydrogens is 504 g/mol. The van der Waals surface area contributed by atoms with Crippen LogP contribution in [0.2, 0.25) is 0 Å². The summed E-state index contributed by atoms with van der Waals surface area (Å²) in [6, 6.07) is 0. The smallest absolute Gasteiger partial charge is 0.0701 e. The van der Waals surface area contributed by atoms with Crippen molar-refractivity contribution in [2.45, 2.75) is 90.6 Å². The second kappa shape index (κ2) is 32.2. The van der Waals surface area contributed by atoms with Gasteiger partial charge in [-0.2, -0.15) is 0 Å². The molecule has 1 N–H and O–H groups in total. The molecular formula is C30H62O9. The first-order valence-electron chi connectivity index (χ1n) is 15.4. The minimum absolute atomic E-state index is 0.000228. The Labute approximate surface area is 239 Å². The summed E-state index contributed by atoms with van der Waals surface area (Å²) >= 11 is 0. The van der Waals surface area contributed by atoms with E-state index in [4.69, 9.17) is 43.0 Å². The monoisotopic (exact) mass is 566 g/mol. The zero-order chi connectivity index (χ0) is 28.5. The maximum atomic E-state index is 8.57. The number of ether oxygens (including phenoxy) is 8. The maximum absolute atomic E-state index is 8.57. The molecule has 39 heavy (non-hydrogen) atoms. The van der Waals surface area contributed by atoms with Gasteiger partial charge in [0.2, 0.25) is 0 Å². The average molecular weight is 567 g/mol. The van der Waals surface area contributed by atoms with Gasteiger partial charge in [0.15, 0.2) is 0 Å². The molecule has 0 spiro atoms. The third-order valence-electron chi connectivity index (χ3n) is 5.69. The van der Waals surface area contributed by atoms with E-state index in [-0.39, 0.29) is 12.2 Å². The van der Waals surface area contributed by atoms with Crippen molar-refractivity contribution in [3.05, 3.63) is 0 Å². The predicted octanol–water partition coefficient (Wildman–Crippen LogP) is 4.81. The van der Waals surface area contributed by atoms with E-state index in [2.05, 4.69) is 20.8 Å². The van der Waals surface area contributed by atoms with Crippen molar-refractivity contribution in [2.24, 2.45) is 0 Å². The lowest BCUT2D eigenvalue weighted by molar-refractivity contribution is -0.0215. The van der Waals surface area contributed by atoms with Crippen LogP contribution < -0.4 is 0 Å². The van der Waals surface area contributed by atoms with Gasteiger partial charge in [-0.05, 0) is 33.6 Å². The molecule has 0 rings (SSSR count). The lowest BCUT2D eigenvalue weighted by atomic mass is 10.1. The van der Waals surface area contributed by atoms with Gasteiger partial charge in [-0.25, -0.2) is 0 Å². The summed E-state index contributed by atoms with van der Waals surface area (Å²) in [6.07, 6.45) is 12.9. The highest BCUT2D eigenvalue weighted by Crippen LogP contribution is 2.12. The molecule has 0 amide bonds. The van der Waals surface area contributed by atoms with Gasteiger partial charge in [0, 0.05) is 13.2 Å². The van der Waals surface area contributed by atoms with Crippen molar-refractivity contribution in [3.63, 3.8) is 0 Å². The van der Waals surface area contributed by atoms with Crippen LogP contribution in [0.3, 0.4) is 0 Å². The Balaban J connectivity index is 3.04. The molecule has 0 aliphatic carbocycles. The summed E-state index contributed by atoms with van der Waals surface area (Å²) in [5.41, 5.74) is -0.000228. The van der Waals surface area contributed by atoms with Crippen LogP contribution in [0.5, 0.6) is 0 Å². The fraction of sp³-hybridized carbons (Fsp3) is 1.00. The Kier molecular flexibility index (Phi) is 31.9. The number of unbranched alkanes of at least 4 members (excludes halogenated alkanes) is 9. The number of aliphatic hydroxyl groups excluding tert-OH is 1. The van der Waals surface area contributed by atoms with E-state index in [0.29, 0.717) is 85.9 Å². The molecule has 0 aliphatic rings. The van der Waals surface area contributed by atoms with Crippen molar-refractivity contribution in [1.82, 2.24) is 0 Å². The van der Waals surface area contributed by atoms with Gasteiger partial charge in [-0.1, -0.05) is 51.4 Å². The minimum Gasteiger partial charge on any atom is -0.394 e. The van der Waals surface area contributed by atoms with Crippen molar-refractivity contribution in [3.8, 4) is 0 Å². The third kappa shape index (κ3) is 37.6. The van der Waals surface area contributed by atoms with Crippen molar-refractivity contribution in [1.29, 1.82) is 0 Å². The maximum Gasteiger partial charge on any atom is 0.0701 e. The molecule has 0 aromatic carbocycles. The zero-order valence-corrected chi connectivity index (χ0v) is 25.6. The SMILES string of the molecule is CC(C)(C)OCCCCCCCCCCCCOCCOCCOCCOCCOCCOCCOCCO. The lowest BCUT2D eigenvalue weighted by Crippen LogP contribution is -2.19. The Morgan fingerprint density at radius 2 is 0.590 bits per heavy atom. The molecule has 0 bridgehead atoms. The van der Waals surface area contributed by atoms with E-state index >= 15 is 0 Å². The Morgan fingerprint density at radius 3 is 0.897 bits per heavy atom. The highest BCUT2D eigenvalue weighted by Gasteiger charge is 2.08. The fourth-order valence-electron chi connectivity index (χ4n) is 3.58. The van der Waals surface area contributed by atoms with Crippen LogP contribution in [0.1, 0.15) is 85.0 Å². The van der Waals surface area contributed by atoms with E-state index < -0.39 is 0 Å². The Morgan fingerprint density at radius 1 is 0.333 bits per heavy atom. The Bertz CT molecular complexity index is 447. The first-order chi connectivity index (χ1) is 19.1. The molecule has 0 radical (unpaired) electrons. The van der Waals surface area contributed by atoms with E-state index in [0.717, 1.165) is 19.6 Å². The number of aliphatic hydroxyl groups is 1. The van der Waals surface area contributed by atoms with Crippen molar-refractivity contribution >= 4 is 0 Å². The standard InChI is InChI=1S/C30H62O9/c1-30(2,3)39-16-13-11-9-7-5-4-6-8-10-12-15-32-18-20-34-22-24-36-26-28-38-29-27-37-25-23-35-21-19-33-17-14-31/h31H,4-29H2,1-3H3. The number of hydrogen-bond acceptors (Lipinski definition) is 9. The van der Waals surface area contributed by atoms with Gasteiger partial charge in [-0.3, -0.25) is 0 Å². The highest BCUT2D eigenvalue weighted by atomic mass is 16.6. The van der Waals surface area contributed by atoms with Gasteiger partial charge in [0.05, 0.1) is 98.1 Å². The largest absolute Gasteiger partial charge is 0.394 e. The molecule has 0 aromatic rings. The van der Waals surface area contributed by atoms with Crippen LogP contribution >= 0.6 is 0 Å². The van der Waals surface area contributed by atoms with Crippen LogP contribution in [0.15, 0.2) is 0 Å². The predicted molar refractivity (Wildman–Crippen MR) is 155 cm³/mol. The van der Waals surface area contributed by atoms with Crippen LogP contribution in [-0.4, -0.2) is 116 Å². The topological polar surface area (TPSA) is 94.1 Å². The summed E-state index contributed by atoms with van der Waals surface area (Å²) < 4.78 is 43.7. The van der Waals surface area contributed by atoms with E-state index in [1.165, 1.54) is 57.8 Å². The summed E-state index contributed by atoms with van der Waals surface area (Å²) in [6.45, 7) is 15.0. The molecule has 0 heterocycles. The second-order valence-electron chi connectivity index (χ2n) is 10.5. The zero-order valence-electron chi connectivity index (χ0n) is 25.6. The van der Waals surface area contributed by atoms with Crippen LogP contribution in [0, 0.1) is 0 Å². The van der Waals surface area contributed by atoms with Crippen LogP contribution in [0.25, 0.3) is 0 Å². The number of rotatable bonds is 33. The molecule has 9 heteroatoms. The second-order valence-corrected chi connectivity index (χ2v) is 10.5.